The van der Waals surface area contributed by atoms with Crippen LogP contribution in [-0.2, 0) is 6.42 Å². The zero-order chi connectivity index (χ0) is 9.84. The minimum absolute atomic E-state index is 0.730. The summed E-state index contributed by atoms with van der Waals surface area (Å²) >= 11 is 4.24. The second-order valence-corrected chi connectivity index (χ2v) is 3.58. The summed E-state index contributed by atoms with van der Waals surface area (Å²) in [5.74, 6) is 0.730. The molecule has 0 nitrogen and oxygen atoms in total. The first-order chi connectivity index (χ1) is 6.19. The summed E-state index contributed by atoms with van der Waals surface area (Å²) in [4.78, 5) is 0. The number of hydrogen-bond donors (Lipinski definition) is 1. The van der Waals surface area contributed by atoms with Crippen molar-refractivity contribution in [3.8, 4) is 0 Å². The number of benzene rings is 1. The third-order valence-electron chi connectivity index (χ3n) is 2.28. The lowest BCUT2D eigenvalue weighted by Gasteiger charge is -2.08. The van der Waals surface area contributed by atoms with Crippen molar-refractivity contribution in [3.05, 3.63) is 41.5 Å². The van der Waals surface area contributed by atoms with E-state index in [0.717, 1.165) is 17.7 Å². The molecule has 0 fully saturated rings. The summed E-state index contributed by atoms with van der Waals surface area (Å²) in [6.07, 6.45) is 1.08. The molecule has 0 aromatic heterocycles. The summed E-state index contributed by atoms with van der Waals surface area (Å²) in [5, 5.41) is 0. The molecule has 0 aliphatic heterocycles. The average Bonchev–Trinajstić information content (AvgIpc) is 2.17. The van der Waals surface area contributed by atoms with E-state index in [9.17, 15) is 0 Å². The van der Waals surface area contributed by atoms with Crippen molar-refractivity contribution in [3.63, 3.8) is 0 Å². The van der Waals surface area contributed by atoms with Crippen molar-refractivity contribution in [1.29, 1.82) is 0 Å². The second kappa shape index (κ2) is 4.52. The normalized spacial score (nSPS) is 10.1. The van der Waals surface area contributed by atoms with Crippen molar-refractivity contribution in [2.45, 2.75) is 20.3 Å². The van der Waals surface area contributed by atoms with Gasteiger partial charge in [-0.1, -0.05) is 31.7 Å². The summed E-state index contributed by atoms with van der Waals surface area (Å²) in [6.45, 7) is 8.28. The Morgan fingerprint density at radius 1 is 1.46 bits per heavy atom. The van der Waals surface area contributed by atoms with E-state index < -0.39 is 0 Å². The Morgan fingerprint density at radius 3 is 2.69 bits per heavy atom. The van der Waals surface area contributed by atoms with E-state index in [0.29, 0.717) is 0 Å². The third-order valence-corrected chi connectivity index (χ3v) is 2.66. The van der Waals surface area contributed by atoms with Gasteiger partial charge in [-0.25, -0.2) is 0 Å². The monoisotopic (exact) mass is 192 g/mol. The largest absolute Gasteiger partial charge is 0.175 e. The molecule has 0 spiro atoms. The fourth-order valence-electron chi connectivity index (χ4n) is 1.36. The fourth-order valence-corrected chi connectivity index (χ4v) is 1.53. The van der Waals surface area contributed by atoms with Crippen LogP contribution >= 0.6 is 12.6 Å². The molecule has 0 saturated heterocycles. The van der Waals surface area contributed by atoms with Crippen LogP contribution in [-0.4, -0.2) is 5.75 Å². The molecule has 0 unspecified atom stereocenters. The van der Waals surface area contributed by atoms with Crippen LogP contribution in [0.1, 0.15) is 23.6 Å². The number of rotatable bonds is 3. The maximum Gasteiger partial charge on any atom is 0.0154 e. The van der Waals surface area contributed by atoms with Gasteiger partial charge in [0.2, 0.25) is 0 Å². The van der Waals surface area contributed by atoms with Crippen LogP contribution in [0, 0.1) is 6.92 Å². The number of hydrogen-bond acceptors (Lipinski definition) is 1. The smallest absolute Gasteiger partial charge is 0.0154 e. The van der Waals surface area contributed by atoms with Crippen LogP contribution in [0.4, 0.5) is 0 Å². The molecule has 1 aromatic carbocycles. The van der Waals surface area contributed by atoms with Gasteiger partial charge in [0.25, 0.3) is 0 Å². The first kappa shape index (κ1) is 10.4. The summed E-state index contributed by atoms with van der Waals surface area (Å²) in [7, 11) is 0. The zero-order valence-electron chi connectivity index (χ0n) is 8.30. The van der Waals surface area contributed by atoms with E-state index in [1.807, 2.05) is 0 Å². The van der Waals surface area contributed by atoms with E-state index in [2.05, 4.69) is 51.3 Å². The Bertz CT molecular complexity index is 313. The van der Waals surface area contributed by atoms with Crippen molar-refractivity contribution in [1.82, 2.24) is 0 Å². The topological polar surface area (TPSA) is 0 Å². The zero-order valence-corrected chi connectivity index (χ0v) is 9.20. The molecule has 0 aliphatic carbocycles. The maximum atomic E-state index is 4.24. The van der Waals surface area contributed by atoms with Crippen molar-refractivity contribution in [2.75, 3.05) is 5.75 Å². The Balaban J connectivity index is 3.11. The van der Waals surface area contributed by atoms with Gasteiger partial charge in [-0.2, -0.15) is 12.6 Å². The predicted molar refractivity (Wildman–Crippen MR) is 63.4 cm³/mol. The molecular formula is C12H16S. The van der Waals surface area contributed by atoms with Crippen LogP contribution in [0.25, 0.3) is 5.57 Å². The molecule has 1 heteroatoms. The quantitative estimate of drug-likeness (QED) is 0.696. The highest BCUT2D eigenvalue weighted by Crippen LogP contribution is 2.20. The first-order valence-electron chi connectivity index (χ1n) is 4.57. The maximum absolute atomic E-state index is 4.24. The lowest BCUT2D eigenvalue weighted by atomic mass is 9.99. The molecule has 1 rings (SSSR count). The Labute approximate surface area is 86.1 Å². The van der Waals surface area contributed by atoms with Crippen LogP contribution in [0.15, 0.2) is 24.8 Å². The Kier molecular flexibility index (Phi) is 3.61. The predicted octanol–water partition coefficient (Wildman–Crippen LogP) is 3.50. The highest BCUT2D eigenvalue weighted by atomic mass is 32.1. The summed E-state index contributed by atoms with van der Waals surface area (Å²) in [6, 6.07) is 6.54. The van der Waals surface area contributed by atoms with E-state index >= 15 is 0 Å². The van der Waals surface area contributed by atoms with Gasteiger partial charge >= 0.3 is 0 Å². The first-order valence-corrected chi connectivity index (χ1v) is 5.20. The van der Waals surface area contributed by atoms with E-state index in [1.54, 1.807) is 0 Å². The number of aryl methyl sites for hydroxylation is 2. The van der Waals surface area contributed by atoms with Gasteiger partial charge in [-0.15, -0.1) is 0 Å². The molecule has 0 saturated carbocycles. The van der Waals surface area contributed by atoms with Crippen molar-refractivity contribution < 1.29 is 0 Å². The molecule has 0 aliphatic rings. The summed E-state index contributed by atoms with van der Waals surface area (Å²) in [5.41, 5.74) is 5.02. The number of thiol groups is 1. The lowest BCUT2D eigenvalue weighted by Crippen LogP contribution is -1.91. The SMILES string of the molecule is C=C(CS)c1cc(CC)ccc1C. The minimum Gasteiger partial charge on any atom is -0.175 e. The van der Waals surface area contributed by atoms with Gasteiger partial charge in [-0.05, 0) is 35.6 Å². The Hall–Kier alpha value is -0.690. The second-order valence-electron chi connectivity index (χ2n) is 3.26. The van der Waals surface area contributed by atoms with Gasteiger partial charge < -0.3 is 0 Å². The van der Waals surface area contributed by atoms with E-state index in [4.69, 9.17) is 0 Å². The molecule has 1 aromatic rings. The van der Waals surface area contributed by atoms with Gasteiger partial charge in [0.15, 0.2) is 0 Å². The highest BCUT2D eigenvalue weighted by Gasteiger charge is 2.01. The standard InChI is InChI=1S/C12H16S/c1-4-11-6-5-9(2)12(7-11)10(3)8-13/h5-7,13H,3-4,8H2,1-2H3. The minimum atomic E-state index is 0.730. The Morgan fingerprint density at radius 2 is 2.15 bits per heavy atom. The van der Waals surface area contributed by atoms with Crippen molar-refractivity contribution >= 4 is 18.2 Å². The van der Waals surface area contributed by atoms with Crippen LogP contribution in [0.2, 0.25) is 0 Å². The van der Waals surface area contributed by atoms with Crippen LogP contribution in [0.3, 0.4) is 0 Å². The van der Waals surface area contributed by atoms with Crippen LogP contribution in [0.5, 0.6) is 0 Å². The molecule has 70 valence electrons. The highest BCUT2D eigenvalue weighted by molar-refractivity contribution is 7.80. The third kappa shape index (κ3) is 2.38. The van der Waals surface area contributed by atoms with Crippen LogP contribution < -0.4 is 0 Å². The lowest BCUT2D eigenvalue weighted by molar-refractivity contribution is 1.13. The van der Waals surface area contributed by atoms with E-state index in [1.165, 1.54) is 16.7 Å². The molecule has 0 heterocycles. The van der Waals surface area contributed by atoms with Gasteiger partial charge in [-0.3, -0.25) is 0 Å². The van der Waals surface area contributed by atoms with Crippen molar-refractivity contribution in [2.24, 2.45) is 0 Å². The molecule has 0 atom stereocenters. The van der Waals surface area contributed by atoms with E-state index in [-0.39, 0.29) is 0 Å². The fraction of sp³-hybridized carbons (Fsp3) is 0.333. The molecule has 0 radical (unpaired) electrons. The van der Waals surface area contributed by atoms with Gasteiger partial charge in [0.05, 0.1) is 0 Å². The van der Waals surface area contributed by atoms with Gasteiger partial charge in [0, 0.05) is 5.75 Å². The molecule has 13 heavy (non-hydrogen) atoms. The molecule has 0 bridgehead atoms. The molecule has 0 N–H and O–H groups in total. The van der Waals surface area contributed by atoms with Gasteiger partial charge in [0.1, 0.15) is 0 Å². The molecular weight excluding hydrogens is 176 g/mol. The molecule has 0 amide bonds. The summed E-state index contributed by atoms with van der Waals surface area (Å²) < 4.78 is 0. The average molecular weight is 192 g/mol.